The van der Waals surface area contributed by atoms with E-state index >= 15 is 0 Å². The quantitative estimate of drug-likeness (QED) is 0.779. The van der Waals surface area contributed by atoms with Gasteiger partial charge in [-0.05, 0) is 33.6 Å². The minimum Gasteiger partial charge on any atom is -0.480 e. The van der Waals surface area contributed by atoms with E-state index in [1.807, 2.05) is 0 Å². The maximum Gasteiger partial charge on any atom is 0.411 e. The Morgan fingerprint density at radius 3 is 1.86 bits per heavy atom. The van der Waals surface area contributed by atoms with Gasteiger partial charge < -0.3 is 14.9 Å². The highest BCUT2D eigenvalue weighted by atomic mass is 16.6. The van der Waals surface area contributed by atoms with Crippen LogP contribution in [-0.4, -0.2) is 50.8 Å². The summed E-state index contributed by atoms with van der Waals surface area (Å²) in [7, 11) is 0. The van der Waals surface area contributed by atoms with Gasteiger partial charge in [-0.15, -0.1) is 0 Å². The number of ether oxygens (including phenoxy) is 1. The lowest BCUT2D eigenvalue weighted by Gasteiger charge is -2.36. The van der Waals surface area contributed by atoms with Crippen molar-refractivity contribution in [2.24, 2.45) is 5.92 Å². The third-order valence-electron chi connectivity index (χ3n) is 3.11. The Labute approximate surface area is 124 Å². The van der Waals surface area contributed by atoms with Crippen LogP contribution in [0.1, 0.15) is 48.0 Å². The number of amides is 1. The number of nitrogens with zero attached hydrogens (tertiary/aromatic N) is 1. The molecule has 0 heterocycles. The van der Waals surface area contributed by atoms with Crippen LogP contribution in [0.25, 0.3) is 0 Å². The number of carbonyl (C=O) groups excluding carboxylic acids is 1. The number of rotatable bonds is 6. The third kappa shape index (κ3) is 5.61. The topological polar surface area (TPSA) is 104 Å². The lowest BCUT2D eigenvalue weighted by molar-refractivity contribution is -0.151. The maximum atomic E-state index is 12.2. The molecule has 7 heteroatoms. The molecule has 3 atom stereocenters. The zero-order chi connectivity index (χ0) is 17.0. The van der Waals surface area contributed by atoms with Gasteiger partial charge in [0.15, 0.2) is 0 Å². The van der Waals surface area contributed by atoms with E-state index in [1.54, 1.807) is 34.6 Å². The number of carbonyl (C=O) groups is 3. The van der Waals surface area contributed by atoms with Gasteiger partial charge in [-0.2, -0.15) is 0 Å². The number of carboxylic acids is 2. The van der Waals surface area contributed by atoms with Crippen LogP contribution in [-0.2, 0) is 14.3 Å². The van der Waals surface area contributed by atoms with Crippen molar-refractivity contribution in [2.75, 3.05) is 0 Å². The Morgan fingerprint density at radius 2 is 1.57 bits per heavy atom. The van der Waals surface area contributed by atoms with Crippen LogP contribution in [0, 0.1) is 5.92 Å². The highest BCUT2D eigenvalue weighted by molar-refractivity contribution is 5.85. The molecule has 0 radical (unpaired) electrons. The minimum atomic E-state index is -1.30. The first-order chi connectivity index (χ1) is 9.42. The van der Waals surface area contributed by atoms with Crippen molar-refractivity contribution in [1.29, 1.82) is 0 Å². The number of hydrogen-bond donors (Lipinski definition) is 2. The Balaban J connectivity index is 5.63. The summed E-state index contributed by atoms with van der Waals surface area (Å²) >= 11 is 0. The van der Waals surface area contributed by atoms with Gasteiger partial charge in [0.25, 0.3) is 0 Å². The summed E-state index contributed by atoms with van der Waals surface area (Å²) in [5.41, 5.74) is -0.841. The summed E-state index contributed by atoms with van der Waals surface area (Å²) in [5, 5.41) is 18.5. The molecular weight excluding hydrogens is 278 g/mol. The van der Waals surface area contributed by atoms with Gasteiger partial charge in [0, 0.05) is 0 Å². The highest BCUT2D eigenvalue weighted by Gasteiger charge is 2.41. The first-order valence-corrected chi connectivity index (χ1v) is 6.89. The highest BCUT2D eigenvalue weighted by Crippen LogP contribution is 2.21. The van der Waals surface area contributed by atoms with E-state index in [2.05, 4.69) is 0 Å². The average Bonchev–Trinajstić information content (AvgIpc) is 2.30. The van der Waals surface area contributed by atoms with E-state index in [4.69, 9.17) is 9.84 Å². The number of hydrogen-bond acceptors (Lipinski definition) is 4. The van der Waals surface area contributed by atoms with Crippen molar-refractivity contribution in [1.82, 2.24) is 4.90 Å². The van der Waals surface area contributed by atoms with Crippen LogP contribution >= 0.6 is 0 Å². The molecule has 0 bridgehead atoms. The Kier molecular flexibility index (Phi) is 6.66. The molecule has 0 rings (SSSR count). The fourth-order valence-electron chi connectivity index (χ4n) is 1.81. The second-order valence-corrected chi connectivity index (χ2v) is 6.07. The van der Waals surface area contributed by atoms with Gasteiger partial charge in [-0.1, -0.05) is 20.3 Å². The Morgan fingerprint density at radius 1 is 1.10 bits per heavy atom. The smallest absolute Gasteiger partial charge is 0.411 e. The monoisotopic (exact) mass is 303 g/mol. The lowest BCUT2D eigenvalue weighted by Crippen LogP contribution is -2.56. The second-order valence-electron chi connectivity index (χ2n) is 6.07. The predicted molar refractivity (Wildman–Crippen MR) is 76.0 cm³/mol. The molecule has 0 saturated carbocycles. The fourth-order valence-corrected chi connectivity index (χ4v) is 1.81. The Hall–Kier alpha value is -1.79. The van der Waals surface area contributed by atoms with Gasteiger partial charge in [-0.25, -0.2) is 14.4 Å². The van der Waals surface area contributed by atoms with Crippen LogP contribution in [0.5, 0.6) is 0 Å². The van der Waals surface area contributed by atoms with E-state index in [-0.39, 0.29) is 0 Å². The standard InChI is InChI=1S/C14H25NO6/c1-7-8(2)10(12(18)19)15(9(3)11(16)17)13(20)21-14(4,5)6/h8-10H,7H2,1-6H3,(H,16,17)(H,18,19)/t8-,9?,10-/m0/s1. The van der Waals surface area contributed by atoms with Crippen molar-refractivity contribution in [3.8, 4) is 0 Å². The van der Waals surface area contributed by atoms with E-state index in [9.17, 15) is 19.5 Å². The number of aliphatic carboxylic acids is 2. The molecule has 1 amide bonds. The summed E-state index contributed by atoms with van der Waals surface area (Å²) in [5.74, 6) is -2.93. The first kappa shape index (κ1) is 19.2. The molecule has 2 N–H and O–H groups in total. The molecule has 7 nitrogen and oxygen atoms in total. The Bertz CT molecular complexity index is 401. The summed E-state index contributed by atoms with van der Waals surface area (Å²) in [4.78, 5) is 35.7. The molecule has 0 aromatic rings. The normalized spacial score (nSPS) is 15.7. The average molecular weight is 303 g/mol. The van der Waals surface area contributed by atoms with Crippen molar-refractivity contribution in [2.45, 2.75) is 65.6 Å². The van der Waals surface area contributed by atoms with Crippen LogP contribution in [0.2, 0.25) is 0 Å². The van der Waals surface area contributed by atoms with E-state index < -0.39 is 41.6 Å². The number of carboxylic acid groups (broad SMARTS) is 2. The zero-order valence-corrected chi connectivity index (χ0v) is 13.4. The minimum absolute atomic E-state index is 0.406. The molecule has 0 aromatic heterocycles. The fraction of sp³-hybridized carbons (Fsp3) is 0.786. The lowest BCUT2D eigenvalue weighted by atomic mass is 9.96. The molecule has 0 saturated heterocycles. The molecule has 0 aliphatic heterocycles. The van der Waals surface area contributed by atoms with Gasteiger partial charge in [0.1, 0.15) is 17.7 Å². The second kappa shape index (κ2) is 7.28. The SMILES string of the molecule is CC[C@H](C)[C@@H](C(=O)O)N(C(=O)OC(C)(C)C)C(C)C(=O)O. The molecule has 21 heavy (non-hydrogen) atoms. The molecule has 0 fully saturated rings. The van der Waals surface area contributed by atoms with Crippen LogP contribution in [0.3, 0.4) is 0 Å². The van der Waals surface area contributed by atoms with Crippen molar-refractivity contribution in [3.63, 3.8) is 0 Å². The van der Waals surface area contributed by atoms with E-state index in [1.165, 1.54) is 6.92 Å². The summed E-state index contributed by atoms with van der Waals surface area (Å²) < 4.78 is 5.16. The van der Waals surface area contributed by atoms with Crippen LogP contribution in [0.4, 0.5) is 4.79 Å². The summed E-state index contributed by atoms with van der Waals surface area (Å²) in [6.45, 7) is 9.60. The van der Waals surface area contributed by atoms with Crippen molar-refractivity contribution in [3.05, 3.63) is 0 Å². The van der Waals surface area contributed by atoms with Gasteiger partial charge >= 0.3 is 18.0 Å². The van der Waals surface area contributed by atoms with Gasteiger partial charge in [-0.3, -0.25) is 4.90 Å². The first-order valence-electron chi connectivity index (χ1n) is 6.89. The molecule has 122 valence electrons. The molecule has 0 aliphatic rings. The molecule has 1 unspecified atom stereocenters. The molecule has 0 aliphatic carbocycles. The maximum absolute atomic E-state index is 12.2. The van der Waals surface area contributed by atoms with Crippen LogP contribution < -0.4 is 0 Å². The van der Waals surface area contributed by atoms with Crippen molar-refractivity contribution < 1.29 is 29.3 Å². The van der Waals surface area contributed by atoms with E-state index in [0.717, 1.165) is 4.90 Å². The van der Waals surface area contributed by atoms with Crippen LogP contribution in [0.15, 0.2) is 0 Å². The zero-order valence-electron chi connectivity index (χ0n) is 13.4. The van der Waals surface area contributed by atoms with E-state index in [0.29, 0.717) is 6.42 Å². The van der Waals surface area contributed by atoms with Crippen molar-refractivity contribution >= 4 is 18.0 Å². The summed E-state index contributed by atoms with van der Waals surface area (Å²) in [6.07, 6.45) is -0.451. The predicted octanol–water partition coefficient (Wildman–Crippen LogP) is 2.20. The third-order valence-corrected chi connectivity index (χ3v) is 3.11. The largest absolute Gasteiger partial charge is 0.480 e. The van der Waals surface area contributed by atoms with Gasteiger partial charge in [0.2, 0.25) is 0 Å². The molecule has 0 spiro atoms. The summed E-state index contributed by atoms with van der Waals surface area (Å²) in [6, 6.07) is -2.55. The van der Waals surface area contributed by atoms with Gasteiger partial charge in [0.05, 0.1) is 0 Å². The molecule has 0 aromatic carbocycles. The molecular formula is C14H25NO6.